The van der Waals surface area contributed by atoms with Crippen LogP contribution in [0.5, 0.6) is 11.5 Å². The number of imidazole rings is 1. The zero-order chi connectivity index (χ0) is 32.2. The Hall–Kier alpha value is -4.05. The van der Waals surface area contributed by atoms with Gasteiger partial charge >= 0.3 is 0 Å². The summed E-state index contributed by atoms with van der Waals surface area (Å²) in [5.74, 6) is 1.60. The average Bonchev–Trinajstić information content (AvgIpc) is 3.40. The largest absolute Gasteiger partial charge is 0.611 e. The highest BCUT2D eigenvalue weighted by Crippen LogP contribution is 2.32. The Labute approximate surface area is 269 Å². The van der Waals surface area contributed by atoms with Crippen molar-refractivity contribution in [3.05, 3.63) is 95.6 Å². The van der Waals surface area contributed by atoms with E-state index in [2.05, 4.69) is 23.3 Å². The Morgan fingerprint density at radius 1 is 1.00 bits per heavy atom. The standard InChI is InChI=1S/C36H43N3O5S/c1-6-8-19-43-20-21-44-32-14-9-28(10-15-32)30-22-26(3)36(42-5)29(23-30)11-18-35(40)38-31-12-16-33(17-13-31)45(41)24-34-27(4)37-25-39(34)7-2/h9-18,22-23,25H,6-8,19-21,24H2,1-5H3,(H,38,40)/b18-11+/t45-/m1/s1. The smallest absolute Gasteiger partial charge is 0.248 e. The van der Waals surface area contributed by atoms with E-state index in [1.807, 2.05) is 55.7 Å². The van der Waals surface area contributed by atoms with E-state index in [0.717, 1.165) is 65.4 Å². The topological polar surface area (TPSA) is 97.7 Å². The highest BCUT2D eigenvalue weighted by atomic mass is 32.2. The average molecular weight is 630 g/mol. The summed E-state index contributed by atoms with van der Waals surface area (Å²) >= 11 is -1.23. The Balaban J connectivity index is 1.38. The molecule has 3 aromatic carbocycles. The lowest BCUT2D eigenvalue weighted by molar-refractivity contribution is -0.111. The molecule has 8 nitrogen and oxygen atoms in total. The minimum absolute atomic E-state index is 0.281. The van der Waals surface area contributed by atoms with Crippen molar-refractivity contribution in [2.24, 2.45) is 0 Å². The van der Waals surface area contributed by atoms with Gasteiger partial charge < -0.3 is 28.6 Å². The number of anilines is 1. The van der Waals surface area contributed by atoms with Crippen molar-refractivity contribution in [3.8, 4) is 22.6 Å². The first-order valence-electron chi connectivity index (χ1n) is 15.3. The number of ether oxygens (including phenoxy) is 3. The van der Waals surface area contributed by atoms with Crippen LogP contribution in [0.3, 0.4) is 0 Å². The van der Waals surface area contributed by atoms with E-state index in [4.69, 9.17) is 14.2 Å². The third-order valence-electron chi connectivity index (χ3n) is 7.40. The lowest BCUT2D eigenvalue weighted by atomic mass is 9.98. The lowest BCUT2D eigenvalue weighted by Gasteiger charge is -2.13. The number of carbonyl (C=O) groups excluding carboxylic acids is 1. The maximum Gasteiger partial charge on any atom is 0.248 e. The summed E-state index contributed by atoms with van der Waals surface area (Å²) in [6.45, 7) is 10.7. The molecular weight excluding hydrogens is 586 g/mol. The summed E-state index contributed by atoms with van der Waals surface area (Å²) in [6, 6.07) is 19.1. The number of nitrogens with one attached hydrogen (secondary N) is 1. The Bertz CT molecular complexity index is 1570. The first-order valence-corrected chi connectivity index (χ1v) is 16.6. The number of hydrogen-bond donors (Lipinski definition) is 1. The van der Waals surface area contributed by atoms with E-state index < -0.39 is 11.2 Å². The van der Waals surface area contributed by atoms with Crippen LogP contribution in [0.15, 0.2) is 78.0 Å². The highest BCUT2D eigenvalue weighted by Gasteiger charge is 2.17. The van der Waals surface area contributed by atoms with Crippen LogP contribution in [-0.4, -0.2) is 46.9 Å². The number of benzene rings is 3. The van der Waals surface area contributed by atoms with Crippen LogP contribution in [0.25, 0.3) is 17.2 Å². The third kappa shape index (κ3) is 9.47. The van der Waals surface area contributed by atoms with Crippen molar-refractivity contribution in [1.82, 2.24) is 9.55 Å². The van der Waals surface area contributed by atoms with Gasteiger partial charge in [-0.25, -0.2) is 4.98 Å². The van der Waals surface area contributed by atoms with E-state index >= 15 is 0 Å². The summed E-state index contributed by atoms with van der Waals surface area (Å²) in [5.41, 5.74) is 6.26. The molecule has 1 amide bonds. The van der Waals surface area contributed by atoms with Gasteiger partial charge in [-0.2, -0.15) is 0 Å². The summed E-state index contributed by atoms with van der Waals surface area (Å²) in [4.78, 5) is 17.9. The first-order chi connectivity index (χ1) is 21.8. The number of aryl methyl sites for hydroxylation is 3. The van der Waals surface area contributed by atoms with Gasteiger partial charge in [0.05, 0.1) is 31.4 Å². The molecule has 4 rings (SSSR count). The van der Waals surface area contributed by atoms with Crippen molar-refractivity contribution in [2.75, 3.05) is 32.2 Å². The van der Waals surface area contributed by atoms with Gasteiger partial charge in [0.2, 0.25) is 5.91 Å². The lowest BCUT2D eigenvalue weighted by Crippen LogP contribution is -2.11. The molecule has 0 aliphatic heterocycles. The van der Waals surface area contributed by atoms with E-state index in [0.29, 0.717) is 35.3 Å². The molecule has 0 bridgehead atoms. The Morgan fingerprint density at radius 3 is 2.44 bits per heavy atom. The maximum absolute atomic E-state index is 13.0. The number of aromatic nitrogens is 2. The van der Waals surface area contributed by atoms with Gasteiger partial charge in [0.1, 0.15) is 18.1 Å². The predicted molar refractivity (Wildman–Crippen MR) is 181 cm³/mol. The van der Waals surface area contributed by atoms with Gasteiger partial charge in [0.15, 0.2) is 10.6 Å². The fraction of sp³-hybridized carbons (Fsp3) is 0.333. The maximum atomic E-state index is 13.0. The van der Waals surface area contributed by atoms with Gasteiger partial charge in [-0.3, -0.25) is 4.79 Å². The van der Waals surface area contributed by atoms with Crippen LogP contribution in [-0.2, 0) is 33.0 Å². The molecule has 1 heterocycles. The van der Waals surface area contributed by atoms with Crippen LogP contribution < -0.4 is 14.8 Å². The number of amides is 1. The third-order valence-corrected chi connectivity index (χ3v) is 8.73. The number of nitrogens with zero attached hydrogens (tertiary/aromatic N) is 2. The van der Waals surface area contributed by atoms with E-state index in [9.17, 15) is 9.35 Å². The number of unbranched alkanes of at least 4 members (excludes halogenated alkanes) is 1. The van der Waals surface area contributed by atoms with E-state index in [-0.39, 0.29) is 5.91 Å². The molecule has 1 N–H and O–H groups in total. The zero-order valence-electron chi connectivity index (χ0n) is 26.8. The first kappa shape index (κ1) is 33.8. The molecule has 0 unspecified atom stereocenters. The second kappa shape index (κ2) is 16.9. The summed E-state index contributed by atoms with van der Waals surface area (Å²) in [7, 11) is 1.63. The van der Waals surface area contributed by atoms with Crippen molar-refractivity contribution in [2.45, 2.75) is 57.7 Å². The quantitative estimate of drug-likeness (QED) is 0.0791. The second-order valence-corrected chi connectivity index (χ2v) is 12.1. The van der Waals surface area contributed by atoms with E-state index in [1.165, 1.54) is 6.08 Å². The van der Waals surface area contributed by atoms with Gasteiger partial charge in [0.25, 0.3) is 0 Å². The zero-order valence-corrected chi connectivity index (χ0v) is 27.6. The van der Waals surface area contributed by atoms with Gasteiger partial charge in [0, 0.05) is 30.5 Å². The molecule has 0 saturated heterocycles. The number of rotatable bonds is 16. The molecule has 238 valence electrons. The van der Waals surface area contributed by atoms with Crippen LogP contribution in [0.2, 0.25) is 0 Å². The minimum Gasteiger partial charge on any atom is -0.611 e. The van der Waals surface area contributed by atoms with Crippen LogP contribution >= 0.6 is 0 Å². The molecule has 0 aliphatic carbocycles. The Kier molecular flexibility index (Phi) is 12.7. The van der Waals surface area contributed by atoms with Crippen molar-refractivity contribution in [1.29, 1.82) is 0 Å². The van der Waals surface area contributed by atoms with Crippen LogP contribution in [0, 0.1) is 13.8 Å². The normalized spacial score (nSPS) is 12.0. The fourth-order valence-corrected chi connectivity index (χ4v) is 6.13. The Morgan fingerprint density at radius 2 is 1.76 bits per heavy atom. The van der Waals surface area contributed by atoms with Crippen LogP contribution in [0.4, 0.5) is 5.69 Å². The molecule has 4 aromatic rings. The summed E-state index contributed by atoms with van der Waals surface area (Å²) in [5, 5.41) is 2.88. The van der Waals surface area contributed by atoms with Crippen molar-refractivity contribution in [3.63, 3.8) is 0 Å². The molecule has 1 atom stereocenters. The van der Waals surface area contributed by atoms with Crippen molar-refractivity contribution < 1.29 is 23.6 Å². The number of carbonyl (C=O) groups is 1. The molecule has 0 fully saturated rings. The molecule has 45 heavy (non-hydrogen) atoms. The SMILES string of the molecule is CCCCOCCOc1ccc(-c2cc(C)c(OC)c(/C=C/C(=O)Nc3ccc([S@+]([O-])Cc4c(C)ncn4CC)cc3)c2)cc1. The van der Waals surface area contributed by atoms with Gasteiger partial charge in [-0.05, 0) is 110 Å². The minimum atomic E-state index is -1.23. The van der Waals surface area contributed by atoms with E-state index in [1.54, 1.807) is 43.8 Å². The molecule has 0 radical (unpaired) electrons. The molecular formula is C36H43N3O5S. The molecule has 1 aromatic heterocycles. The summed E-state index contributed by atoms with van der Waals surface area (Å²) in [6.07, 6.45) is 7.20. The predicted octanol–water partition coefficient (Wildman–Crippen LogP) is 7.35. The molecule has 0 saturated carbocycles. The number of methoxy groups -OCH3 is 1. The highest BCUT2D eigenvalue weighted by molar-refractivity contribution is 7.90. The second-order valence-electron chi connectivity index (χ2n) is 10.7. The monoisotopic (exact) mass is 629 g/mol. The van der Waals surface area contributed by atoms with Crippen LogP contribution in [0.1, 0.15) is 49.2 Å². The van der Waals surface area contributed by atoms with Crippen molar-refractivity contribution >= 4 is 28.8 Å². The number of hydrogen-bond acceptors (Lipinski definition) is 6. The molecule has 0 spiro atoms. The molecule has 0 aliphatic rings. The summed E-state index contributed by atoms with van der Waals surface area (Å²) < 4.78 is 32.0. The fourth-order valence-electron chi connectivity index (χ4n) is 4.90. The van der Waals surface area contributed by atoms with Gasteiger partial charge in [-0.15, -0.1) is 0 Å². The molecule has 9 heteroatoms. The van der Waals surface area contributed by atoms with Gasteiger partial charge in [-0.1, -0.05) is 25.5 Å².